The third-order valence-corrected chi connectivity index (χ3v) is 7.17. The van der Waals surface area contributed by atoms with E-state index in [1.54, 1.807) is 0 Å². The maximum atomic E-state index is 9.66. The van der Waals surface area contributed by atoms with Gasteiger partial charge in [0.25, 0.3) is 0 Å². The number of aliphatic hydroxyl groups excluding tert-OH is 2. The number of nitrogens with zero attached hydrogens (tertiary/aromatic N) is 2. The number of benzene rings is 2. The first kappa shape index (κ1) is 25.3. The van der Waals surface area contributed by atoms with Crippen molar-refractivity contribution in [3.05, 3.63) is 47.0 Å². The lowest BCUT2D eigenvalue weighted by molar-refractivity contribution is 0.172. The van der Waals surface area contributed by atoms with Gasteiger partial charge in [0.2, 0.25) is 0 Å². The molecule has 0 radical (unpaired) electrons. The summed E-state index contributed by atoms with van der Waals surface area (Å²) in [7, 11) is 0. The molecule has 2 unspecified atom stereocenters. The quantitative estimate of drug-likeness (QED) is 0.466. The van der Waals surface area contributed by atoms with Crippen LogP contribution in [0.2, 0.25) is 5.02 Å². The van der Waals surface area contributed by atoms with Gasteiger partial charge in [-0.25, -0.2) is 0 Å². The van der Waals surface area contributed by atoms with Crippen LogP contribution in [0.5, 0.6) is 11.5 Å². The molecule has 2 saturated heterocycles. The van der Waals surface area contributed by atoms with Crippen LogP contribution in [-0.4, -0.2) is 84.7 Å². The van der Waals surface area contributed by atoms with Crippen molar-refractivity contribution in [2.45, 2.75) is 44.8 Å². The molecule has 7 heteroatoms. The van der Waals surface area contributed by atoms with Crippen molar-refractivity contribution in [2.24, 2.45) is 0 Å². The normalized spacial score (nSPS) is 21.3. The number of ether oxygens (including phenoxy) is 2. The van der Waals surface area contributed by atoms with Crippen LogP contribution in [0.3, 0.4) is 0 Å². The maximum absolute atomic E-state index is 9.66. The Morgan fingerprint density at radius 1 is 0.824 bits per heavy atom. The summed E-state index contributed by atoms with van der Waals surface area (Å²) < 4.78 is 12.1. The summed E-state index contributed by atoms with van der Waals surface area (Å²) >= 11 is 6.77. The van der Waals surface area contributed by atoms with Crippen LogP contribution in [0.4, 0.5) is 0 Å². The summed E-state index contributed by atoms with van der Waals surface area (Å²) in [4.78, 5) is 4.56. The van der Waals surface area contributed by atoms with Crippen LogP contribution in [0.1, 0.15) is 31.2 Å². The van der Waals surface area contributed by atoms with Gasteiger partial charge < -0.3 is 29.5 Å². The van der Waals surface area contributed by atoms with Gasteiger partial charge in [0, 0.05) is 44.8 Å². The number of hydrogen-bond donors (Lipinski definition) is 2. The van der Waals surface area contributed by atoms with Gasteiger partial charge in [0.15, 0.2) is 0 Å². The lowest BCUT2D eigenvalue weighted by Crippen LogP contribution is -2.24. The van der Waals surface area contributed by atoms with Crippen molar-refractivity contribution >= 4 is 11.6 Å². The van der Waals surface area contributed by atoms with Crippen LogP contribution < -0.4 is 9.47 Å². The molecule has 0 aliphatic carbocycles. The second-order valence-corrected chi connectivity index (χ2v) is 9.81. The monoisotopic (exact) mass is 488 g/mol. The molecule has 186 valence electrons. The molecule has 2 aliphatic rings. The van der Waals surface area contributed by atoms with E-state index in [-0.39, 0.29) is 12.2 Å². The molecule has 0 saturated carbocycles. The molecule has 0 spiro atoms. The van der Waals surface area contributed by atoms with E-state index < -0.39 is 0 Å². The van der Waals surface area contributed by atoms with Crippen LogP contribution >= 0.6 is 11.6 Å². The minimum Gasteiger partial charge on any atom is -0.493 e. The lowest BCUT2D eigenvalue weighted by Gasteiger charge is -2.18. The molecule has 6 nitrogen and oxygen atoms in total. The van der Waals surface area contributed by atoms with Crippen molar-refractivity contribution < 1.29 is 19.7 Å². The minimum atomic E-state index is -0.186. The van der Waals surface area contributed by atoms with E-state index in [0.29, 0.717) is 24.0 Å². The fraction of sp³-hybridized carbons (Fsp3) is 0.556. The first-order chi connectivity index (χ1) is 16.5. The summed E-state index contributed by atoms with van der Waals surface area (Å²) in [5, 5.41) is 19.9. The van der Waals surface area contributed by atoms with E-state index in [1.807, 2.05) is 30.3 Å². The number of aliphatic hydroxyl groups is 2. The molecule has 0 amide bonds. The zero-order valence-corrected chi connectivity index (χ0v) is 20.8. The standard InChI is InChI=1S/C27H37ClN2O4/c1-20-23(6-2-8-25(20)33-16-4-12-29-14-10-21(31)18-29)24-7-3-9-26(27(24)28)34-17-5-13-30-15-11-22(32)19-30/h2-3,6-9,21-22,31-32H,4-5,10-19H2,1H3. The molecule has 0 bridgehead atoms. The summed E-state index contributed by atoms with van der Waals surface area (Å²) in [5.74, 6) is 1.56. The third-order valence-electron chi connectivity index (χ3n) is 6.79. The Balaban J connectivity index is 1.32. The molecule has 2 atom stereocenters. The van der Waals surface area contributed by atoms with Gasteiger partial charge in [-0.2, -0.15) is 0 Å². The van der Waals surface area contributed by atoms with Crippen molar-refractivity contribution in [3.8, 4) is 22.6 Å². The highest BCUT2D eigenvalue weighted by Crippen LogP contribution is 2.39. The molecule has 34 heavy (non-hydrogen) atoms. The van der Waals surface area contributed by atoms with Crippen LogP contribution in [0, 0.1) is 6.92 Å². The molecule has 2 aromatic carbocycles. The number of halogens is 1. The number of rotatable bonds is 11. The first-order valence-corrected chi connectivity index (χ1v) is 12.8. The second kappa shape index (κ2) is 12.2. The lowest BCUT2D eigenvalue weighted by atomic mass is 9.99. The van der Waals surface area contributed by atoms with Crippen molar-refractivity contribution in [1.29, 1.82) is 0 Å². The molecule has 4 rings (SSSR count). The van der Waals surface area contributed by atoms with Crippen LogP contribution in [0.25, 0.3) is 11.1 Å². The molecule has 2 N–H and O–H groups in total. The Hall–Kier alpha value is -1.83. The van der Waals surface area contributed by atoms with Gasteiger partial charge >= 0.3 is 0 Å². The number of hydrogen-bond acceptors (Lipinski definition) is 6. The Morgan fingerprint density at radius 3 is 1.91 bits per heavy atom. The zero-order valence-electron chi connectivity index (χ0n) is 20.1. The molecule has 2 aromatic rings. The molecule has 2 aliphatic heterocycles. The smallest absolute Gasteiger partial charge is 0.138 e. The third kappa shape index (κ3) is 6.64. The molecule has 0 aromatic heterocycles. The fourth-order valence-corrected chi connectivity index (χ4v) is 5.15. The van der Waals surface area contributed by atoms with E-state index in [9.17, 15) is 10.2 Å². The Bertz CT molecular complexity index is 865. The SMILES string of the molecule is Cc1c(OCCCN2CCC(O)C2)cccc1-c1cccc(OCCCN2CCC(O)C2)c1Cl. The summed E-state index contributed by atoms with van der Waals surface area (Å²) in [6.45, 7) is 8.61. The number of likely N-dealkylation sites (tertiary alicyclic amines) is 2. The fourth-order valence-electron chi connectivity index (χ4n) is 4.86. The minimum absolute atomic E-state index is 0.177. The highest BCUT2D eigenvalue weighted by molar-refractivity contribution is 6.34. The highest BCUT2D eigenvalue weighted by Gasteiger charge is 2.20. The largest absolute Gasteiger partial charge is 0.493 e. The summed E-state index contributed by atoms with van der Waals surface area (Å²) in [6, 6.07) is 12.0. The van der Waals surface area contributed by atoms with E-state index in [4.69, 9.17) is 21.1 Å². The van der Waals surface area contributed by atoms with Crippen molar-refractivity contribution in [1.82, 2.24) is 9.80 Å². The van der Waals surface area contributed by atoms with Gasteiger partial charge in [-0.3, -0.25) is 0 Å². The summed E-state index contributed by atoms with van der Waals surface area (Å²) in [6.07, 6.45) is 3.19. The topological polar surface area (TPSA) is 65.4 Å². The van der Waals surface area contributed by atoms with Crippen molar-refractivity contribution in [2.75, 3.05) is 52.5 Å². The van der Waals surface area contributed by atoms with Crippen LogP contribution in [-0.2, 0) is 0 Å². The Labute approximate surface area is 208 Å². The predicted octanol–water partition coefficient (Wildman–Crippen LogP) is 3.99. The zero-order chi connectivity index (χ0) is 23.9. The van der Waals surface area contributed by atoms with Gasteiger partial charge in [-0.1, -0.05) is 35.9 Å². The van der Waals surface area contributed by atoms with E-state index in [0.717, 1.165) is 87.4 Å². The van der Waals surface area contributed by atoms with Gasteiger partial charge in [0.1, 0.15) is 11.5 Å². The van der Waals surface area contributed by atoms with E-state index >= 15 is 0 Å². The van der Waals surface area contributed by atoms with Crippen LogP contribution in [0.15, 0.2) is 36.4 Å². The molecule has 2 fully saturated rings. The molecule has 2 heterocycles. The van der Waals surface area contributed by atoms with E-state index in [2.05, 4.69) is 22.8 Å². The second-order valence-electron chi connectivity index (χ2n) is 9.44. The average molecular weight is 489 g/mol. The maximum Gasteiger partial charge on any atom is 0.138 e. The number of β-amino-alcohol motifs (C(OH)–C–C–N with tert-alkyl or cyclic N) is 2. The highest BCUT2D eigenvalue weighted by atomic mass is 35.5. The van der Waals surface area contributed by atoms with Crippen molar-refractivity contribution in [3.63, 3.8) is 0 Å². The Kier molecular flexibility index (Phi) is 9.09. The molecular formula is C27H37ClN2O4. The first-order valence-electron chi connectivity index (χ1n) is 12.5. The van der Waals surface area contributed by atoms with Gasteiger partial charge in [0.05, 0.1) is 30.4 Å². The van der Waals surface area contributed by atoms with Gasteiger partial charge in [-0.05, 0) is 55.9 Å². The van der Waals surface area contributed by atoms with Gasteiger partial charge in [-0.15, -0.1) is 0 Å². The van der Waals surface area contributed by atoms with E-state index in [1.165, 1.54) is 0 Å². The Morgan fingerprint density at radius 2 is 1.35 bits per heavy atom. The molecular weight excluding hydrogens is 452 g/mol. The predicted molar refractivity (Wildman–Crippen MR) is 136 cm³/mol. The average Bonchev–Trinajstić information content (AvgIpc) is 3.44. The summed E-state index contributed by atoms with van der Waals surface area (Å²) in [5.41, 5.74) is 3.04.